The fourth-order valence-corrected chi connectivity index (χ4v) is 3.00. The molecule has 1 aromatic heterocycles. The molecule has 0 unspecified atom stereocenters. The molecule has 1 fully saturated rings. The van der Waals surface area contributed by atoms with Gasteiger partial charge < -0.3 is 14.8 Å². The summed E-state index contributed by atoms with van der Waals surface area (Å²) in [5.41, 5.74) is 1.73. The van der Waals surface area contributed by atoms with Crippen molar-refractivity contribution < 1.29 is 14.3 Å². The van der Waals surface area contributed by atoms with E-state index in [-0.39, 0.29) is 12.5 Å². The number of aromatic nitrogens is 4. The van der Waals surface area contributed by atoms with Crippen LogP contribution in [-0.4, -0.2) is 45.4 Å². The fraction of sp³-hybridized carbons (Fsp3) is 0.263. The lowest BCUT2D eigenvalue weighted by atomic mass is 10.0. The van der Waals surface area contributed by atoms with E-state index in [0.717, 1.165) is 11.3 Å². The van der Waals surface area contributed by atoms with Gasteiger partial charge in [0, 0.05) is 0 Å². The number of carbonyl (C=O) groups is 1. The lowest BCUT2D eigenvalue weighted by molar-refractivity contribution is -0.166. The predicted molar refractivity (Wildman–Crippen MR) is 95.9 cm³/mol. The smallest absolute Gasteiger partial charge is 0.252 e. The Balaban J connectivity index is 1.46. The number of amides is 1. The molecule has 0 bridgehead atoms. The zero-order chi connectivity index (χ0) is 18.5. The molecule has 3 aromatic rings. The zero-order valence-electron chi connectivity index (χ0n) is 14.6. The van der Waals surface area contributed by atoms with Crippen LogP contribution in [0.3, 0.4) is 0 Å². The van der Waals surface area contributed by atoms with E-state index in [1.165, 1.54) is 0 Å². The van der Waals surface area contributed by atoms with Crippen LogP contribution >= 0.6 is 0 Å². The topological polar surface area (TPSA) is 91.2 Å². The molecular formula is C19H19N5O3. The van der Waals surface area contributed by atoms with Crippen LogP contribution in [0, 0.1) is 0 Å². The molecular weight excluding hydrogens is 346 g/mol. The number of nitrogens with one attached hydrogen (secondary N) is 1. The van der Waals surface area contributed by atoms with E-state index in [9.17, 15) is 4.79 Å². The summed E-state index contributed by atoms with van der Waals surface area (Å²) in [7, 11) is 0. The number of ether oxygens (including phenoxy) is 2. The normalized spacial score (nSPS) is 19.6. The summed E-state index contributed by atoms with van der Waals surface area (Å²) in [5.74, 6) is 0.272. The van der Waals surface area contributed by atoms with Crippen LogP contribution < -0.4 is 5.32 Å². The van der Waals surface area contributed by atoms with E-state index in [1.54, 1.807) is 4.68 Å². The van der Waals surface area contributed by atoms with Crippen molar-refractivity contribution in [1.29, 1.82) is 0 Å². The summed E-state index contributed by atoms with van der Waals surface area (Å²) >= 11 is 0. The van der Waals surface area contributed by atoms with Crippen molar-refractivity contribution in [1.82, 2.24) is 25.5 Å². The van der Waals surface area contributed by atoms with Gasteiger partial charge in [-0.1, -0.05) is 48.5 Å². The third-order valence-corrected chi connectivity index (χ3v) is 4.30. The van der Waals surface area contributed by atoms with Crippen molar-refractivity contribution in [2.24, 2.45) is 0 Å². The van der Waals surface area contributed by atoms with Gasteiger partial charge in [0.1, 0.15) is 6.10 Å². The summed E-state index contributed by atoms with van der Waals surface area (Å²) in [6, 6.07) is 19.1. The SMILES string of the molecule is O=C(NCc1nnnn1-c1ccccc1)[C@@H]1OCCO[C@@H]1c1ccccc1. The Hall–Kier alpha value is -3.10. The number of tetrazole rings is 1. The monoisotopic (exact) mass is 365 g/mol. The molecule has 2 heterocycles. The minimum atomic E-state index is -0.720. The quantitative estimate of drug-likeness (QED) is 0.736. The highest BCUT2D eigenvalue weighted by Crippen LogP contribution is 2.26. The number of rotatable bonds is 5. The summed E-state index contributed by atoms with van der Waals surface area (Å²) in [4.78, 5) is 12.7. The minimum Gasteiger partial charge on any atom is -0.368 e. The highest BCUT2D eigenvalue weighted by Gasteiger charge is 2.34. The van der Waals surface area contributed by atoms with E-state index in [4.69, 9.17) is 9.47 Å². The van der Waals surface area contributed by atoms with E-state index >= 15 is 0 Å². The highest BCUT2D eigenvalue weighted by atomic mass is 16.6. The molecule has 2 aromatic carbocycles. The van der Waals surface area contributed by atoms with Crippen molar-refractivity contribution in [2.45, 2.75) is 18.8 Å². The highest BCUT2D eigenvalue weighted by molar-refractivity contribution is 5.81. The lowest BCUT2D eigenvalue weighted by Crippen LogP contribution is -2.44. The molecule has 1 aliphatic rings. The molecule has 0 saturated carbocycles. The number of hydrogen-bond donors (Lipinski definition) is 1. The van der Waals surface area contributed by atoms with Gasteiger partial charge in [-0.3, -0.25) is 4.79 Å². The second kappa shape index (κ2) is 8.07. The third kappa shape index (κ3) is 3.86. The van der Waals surface area contributed by atoms with Crippen molar-refractivity contribution in [3.05, 3.63) is 72.1 Å². The molecule has 1 amide bonds. The van der Waals surface area contributed by atoms with Gasteiger partial charge in [-0.25, -0.2) is 0 Å². The van der Waals surface area contributed by atoms with Gasteiger partial charge in [-0.05, 0) is 28.1 Å². The average molecular weight is 365 g/mol. The first-order chi connectivity index (χ1) is 13.3. The van der Waals surface area contributed by atoms with Crippen LogP contribution in [0.5, 0.6) is 0 Å². The largest absolute Gasteiger partial charge is 0.368 e. The number of hydrogen-bond acceptors (Lipinski definition) is 6. The first kappa shape index (κ1) is 17.3. The van der Waals surface area contributed by atoms with Gasteiger partial charge in [0.25, 0.3) is 5.91 Å². The second-order valence-electron chi connectivity index (χ2n) is 6.05. The van der Waals surface area contributed by atoms with Gasteiger partial charge in [0.05, 0.1) is 25.4 Å². The third-order valence-electron chi connectivity index (χ3n) is 4.30. The van der Waals surface area contributed by atoms with Crippen molar-refractivity contribution in [3.8, 4) is 5.69 Å². The Morgan fingerprint density at radius 3 is 2.52 bits per heavy atom. The average Bonchev–Trinajstić information content (AvgIpc) is 3.22. The summed E-state index contributed by atoms with van der Waals surface area (Å²) in [5, 5.41) is 14.6. The minimum absolute atomic E-state index is 0.183. The number of carbonyl (C=O) groups excluding carboxylic acids is 1. The van der Waals surface area contributed by atoms with Crippen LogP contribution in [0.1, 0.15) is 17.5 Å². The van der Waals surface area contributed by atoms with Crippen LogP contribution in [0.25, 0.3) is 5.69 Å². The fourth-order valence-electron chi connectivity index (χ4n) is 3.00. The van der Waals surface area contributed by atoms with Crippen LogP contribution in [-0.2, 0) is 20.8 Å². The van der Waals surface area contributed by atoms with Gasteiger partial charge >= 0.3 is 0 Å². The van der Waals surface area contributed by atoms with Crippen LogP contribution in [0.4, 0.5) is 0 Å². The molecule has 1 N–H and O–H groups in total. The summed E-state index contributed by atoms with van der Waals surface area (Å²) < 4.78 is 13.1. The number of para-hydroxylation sites is 1. The van der Waals surface area contributed by atoms with Crippen LogP contribution in [0.2, 0.25) is 0 Å². The maximum atomic E-state index is 12.7. The van der Waals surface area contributed by atoms with Gasteiger partial charge in [-0.2, -0.15) is 4.68 Å². The Labute approximate surface area is 156 Å². The van der Waals surface area contributed by atoms with Gasteiger partial charge in [-0.15, -0.1) is 5.10 Å². The second-order valence-corrected chi connectivity index (χ2v) is 6.05. The van der Waals surface area contributed by atoms with E-state index in [2.05, 4.69) is 20.8 Å². The molecule has 0 radical (unpaired) electrons. The Kier molecular flexibility index (Phi) is 5.17. The Morgan fingerprint density at radius 2 is 1.74 bits per heavy atom. The van der Waals surface area contributed by atoms with E-state index in [0.29, 0.717) is 19.0 Å². The Bertz CT molecular complexity index is 885. The number of benzene rings is 2. The lowest BCUT2D eigenvalue weighted by Gasteiger charge is -2.31. The van der Waals surface area contributed by atoms with E-state index in [1.807, 2.05) is 60.7 Å². The van der Waals surface area contributed by atoms with Gasteiger partial charge in [0.15, 0.2) is 11.9 Å². The molecule has 138 valence electrons. The molecule has 2 atom stereocenters. The van der Waals surface area contributed by atoms with Crippen molar-refractivity contribution in [2.75, 3.05) is 13.2 Å². The standard InChI is InChI=1S/C19H19N5O3/c25-19(18-17(26-11-12-27-18)14-7-3-1-4-8-14)20-13-16-21-22-23-24(16)15-9-5-2-6-10-15/h1-10,17-18H,11-13H2,(H,20,25)/t17-,18-/m1/s1. The van der Waals surface area contributed by atoms with Crippen molar-refractivity contribution in [3.63, 3.8) is 0 Å². The molecule has 27 heavy (non-hydrogen) atoms. The zero-order valence-corrected chi connectivity index (χ0v) is 14.6. The molecule has 0 spiro atoms. The molecule has 4 rings (SSSR count). The van der Waals surface area contributed by atoms with Crippen molar-refractivity contribution >= 4 is 5.91 Å². The molecule has 1 aliphatic heterocycles. The summed E-state index contributed by atoms with van der Waals surface area (Å²) in [6.45, 7) is 1.01. The first-order valence-electron chi connectivity index (χ1n) is 8.71. The molecule has 8 heteroatoms. The molecule has 1 saturated heterocycles. The van der Waals surface area contributed by atoms with Gasteiger partial charge in [0.2, 0.25) is 0 Å². The molecule has 8 nitrogen and oxygen atoms in total. The van der Waals surface area contributed by atoms with Crippen LogP contribution in [0.15, 0.2) is 60.7 Å². The first-order valence-corrected chi connectivity index (χ1v) is 8.71. The van der Waals surface area contributed by atoms with E-state index < -0.39 is 12.2 Å². The maximum Gasteiger partial charge on any atom is 0.252 e. The molecule has 0 aliphatic carbocycles. The predicted octanol–water partition coefficient (Wildman–Crippen LogP) is 1.44. The number of nitrogens with zero attached hydrogens (tertiary/aromatic N) is 4. The summed E-state index contributed by atoms with van der Waals surface area (Å²) in [6.07, 6.45) is -1.16. The maximum absolute atomic E-state index is 12.7. The Morgan fingerprint density at radius 1 is 1.04 bits per heavy atom.